The van der Waals surface area contributed by atoms with E-state index < -0.39 is 11.8 Å². The molecular formula is C19H16F2N2O2. The van der Waals surface area contributed by atoms with Crippen molar-refractivity contribution in [1.82, 2.24) is 4.98 Å². The number of rotatable bonds is 4. The van der Waals surface area contributed by atoms with Gasteiger partial charge in [0.2, 0.25) is 0 Å². The first-order valence-electron chi connectivity index (χ1n) is 7.76. The Labute approximate surface area is 143 Å². The van der Waals surface area contributed by atoms with E-state index in [1.807, 2.05) is 0 Å². The number of esters is 1. The van der Waals surface area contributed by atoms with Crippen LogP contribution in [0, 0.1) is 11.6 Å². The lowest BCUT2D eigenvalue weighted by atomic mass is 10.1. The second kappa shape index (κ2) is 6.84. The van der Waals surface area contributed by atoms with E-state index >= 15 is 0 Å². The molecule has 0 spiro atoms. The number of halogens is 2. The molecule has 1 aromatic heterocycles. The van der Waals surface area contributed by atoms with Crippen molar-refractivity contribution in [2.24, 2.45) is 0 Å². The first kappa shape index (κ1) is 16.8. The van der Waals surface area contributed by atoms with Crippen molar-refractivity contribution in [3.05, 3.63) is 65.7 Å². The molecule has 0 atom stereocenters. The molecule has 0 amide bonds. The summed E-state index contributed by atoms with van der Waals surface area (Å²) in [5.41, 5.74) is 1.41. The lowest BCUT2D eigenvalue weighted by Crippen LogP contribution is -2.17. The Balaban J connectivity index is 2.16. The van der Waals surface area contributed by atoms with Gasteiger partial charge in [-0.05, 0) is 55.5 Å². The number of fused-ring (bicyclic) bond motifs is 1. The average molecular weight is 342 g/mol. The van der Waals surface area contributed by atoms with Crippen LogP contribution in [-0.2, 0) is 4.74 Å². The van der Waals surface area contributed by atoms with Gasteiger partial charge in [-0.15, -0.1) is 0 Å². The number of pyridine rings is 1. The molecule has 0 aliphatic heterocycles. The van der Waals surface area contributed by atoms with E-state index in [0.29, 0.717) is 22.4 Å². The summed E-state index contributed by atoms with van der Waals surface area (Å²) >= 11 is 0. The van der Waals surface area contributed by atoms with Gasteiger partial charge in [0, 0.05) is 18.1 Å². The van der Waals surface area contributed by atoms with Crippen molar-refractivity contribution in [3.63, 3.8) is 0 Å². The van der Waals surface area contributed by atoms with Crippen molar-refractivity contribution in [2.45, 2.75) is 6.92 Å². The lowest BCUT2D eigenvalue weighted by Gasteiger charge is -2.21. The minimum absolute atomic E-state index is 0.208. The summed E-state index contributed by atoms with van der Waals surface area (Å²) in [6, 6.07) is 11.5. The van der Waals surface area contributed by atoms with Crippen molar-refractivity contribution in [3.8, 4) is 0 Å². The van der Waals surface area contributed by atoms with Crippen LogP contribution in [-0.4, -0.2) is 24.6 Å². The Morgan fingerprint density at radius 1 is 1.08 bits per heavy atom. The number of ether oxygens (including phenoxy) is 1. The summed E-state index contributed by atoms with van der Waals surface area (Å²) in [7, 11) is 1.72. The highest BCUT2D eigenvalue weighted by Gasteiger charge is 2.20. The zero-order chi connectivity index (χ0) is 18.0. The third-order valence-electron chi connectivity index (χ3n) is 3.78. The summed E-state index contributed by atoms with van der Waals surface area (Å²) in [5, 5.41) is 0.499. The zero-order valence-electron chi connectivity index (χ0n) is 13.8. The molecule has 0 aliphatic rings. The Bertz CT molecular complexity index is 927. The van der Waals surface area contributed by atoms with Crippen LogP contribution < -0.4 is 4.90 Å². The van der Waals surface area contributed by atoms with Crippen molar-refractivity contribution < 1.29 is 18.3 Å². The van der Waals surface area contributed by atoms with Crippen molar-refractivity contribution >= 4 is 28.4 Å². The normalized spacial score (nSPS) is 10.7. The highest BCUT2D eigenvalue weighted by atomic mass is 19.1. The summed E-state index contributed by atoms with van der Waals surface area (Å²) in [4.78, 5) is 18.5. The molecule has 0 saturated heterocycles. The van der Waals surface area contributed by atoms with Crippen molar-refractivity contribution in [1.29, 1.82) is 0 Å². The molecule has 3 aromatic rings. The molecule has 0 N–H and O–H groups in total. The maximum absolute atomic E-state index is 13.5. The quantitative estimate of drug-likeness (QED) is 0.657. The van der Waals surface area contributed by atoms with E-state index in [4.69, 9.17) is 4.74 Å². The average Bonchev–Trinajstić information content (AvgIpc) is 2.61. The molecule has 128 valence electrons. The molecule has 4 nitrogen and oxygen atoms in total. The fourth-order valence-electron chi connectivity index (χ4n) is 2.54. The van der Waals surface area contributed by atoms with Crippen LogP contribution in [0.25, 0.3) is 10.9 Å². The van der Waals surface area contributed by atoms with E-state index in [1.54, 1.807) is 43.1 Å². The standard InChI is InChI=1S/C19H16F2N2O2/c1-3-25-19(24)16-11-12-10-14(21)6-9-17(12)22-18(16)23(2)15-7-4-13(20)5-8-15/h4-11H,3H2,1-2H3. The molecule has 6 heteroatoms. The van der Waals surface area contributed by atoms with Crippen LogP contribution in [0.1, 0.15) is 17.3 Å². The minimum atomic E-state index is -0.551. The van der Waals surface area contributed by atoms with Crippen LogP contribution in [0.5, 0.6) is 0 Å². The van der Waals surface area contributed by atoms with Crippen LogP contribution in [0.4, 0.5) is 20.3 Å². The van der Waals surface area contributed by atoms with Gasteiger partial charge >= 0.3 is 5.97 Å². The summed E-state index contributed by atoms with van der Waals surface area (Å²) in [6.45, 7) is 1.91. The van der Waals surface area contributed by atoms with E-state index in [1.165, 1.54) is 24.3 Å². The fraction of sp³-hybridized carbons (Fsp3) is 0.158. The van der Waals surface area contributed by atoms with Crippen LogP contribution in [0.2, 0.25) is 0 Å². The summed E-state index contributed by atoms with van der Waals surface area (Å²) in [5.74, 6) is -0.970. The Kier molecular flexibility index (Phi) is 4.61. The van der Waals surface area contributed by atoms with E-state index in [9.17, 15) is 13.6 Å². The van der Waals surface area contributed by atoms with Crippen LogP contribution in [0.3, 0.4) is 0 Å². The largest absolute Gasteiger partial charge is 0.462 e. The number of anilines is 2. The van der Waals surface area contributed by atoms with Gasteiger partial charge in [0.25, 0.3) is 0 Å². The minimum Gasteiger partial charge on any atom is -0.462 e. The predicted molar refractivity (Wildman–Crippen MR) is 92.1 cm³/mol. The third-order valence-corrected chi connectivity index (χ3v) is 3.78. The SMILES string of the molecule is CCOC(=O)c1cc2cc(F)ccc2nc1N(C)c1ccc(F)cc1. The smallest absolute Gasteiger partial charge is 0.341 e. The Morgan fingerprint density at radius 3 is 2.44 bits per heavy atom. The molecule has 0 aliphatic carbocycles. The fourth-order valence-corrected chi connectivity index (χ4v) is 2.54. The topological polar surface area (TPSA) is 42.4 Å². The monoisotopic (exact) mass is 342 g/mol. The van der Waals surface area contributed by atoms with Gasteiger partial charge in [-0.2, -0.15) is 0 Å². The third kappa shape index (κ3) is 3.42. The highest BCUT2D eigenvalue weighted by Crippen LogP contribution is 2.29. The summed E-state index contributed by atoms with van der Waals surface area (Å²) in [6.07, 6.45) is 0. The van der Waals surface area contributed by atoms with Gasteiger partial charge in [-0.25, -0.2) is 18.6 Å². The number of hydrogen-bond acceptors (Lipinski definition) is 4. The molecule has 0 fully saturated rings. The molecule has 25 heavy (non-hydrogen) atoms. The number of carbonyl (C=O) groups is 1. The van der Waals surface area contributed by atoms with Gasteiger partial charge in [0.15, 0.2) is 0 Å². The number of nitrogens with zero attached hydrogens (tertiary/aromatic N) is 2. The molecular weight excluding hydrogens is 326 g/mol. The van der Waals surface area contributed by atoms with Crippen LogP contribution >= 0.6 is 0 Å². The Morgan fingerprint density at radius 2 is 1.76 bits per heavy atom. The van der Waals surface area contributed by atoms with Crippen LogP contribution in [0.15, 0.2) is 48.5 Å². The van der Waals surface area contributed by atoms with Gasteiger partial charge in [-0.3, -0.25) is 0 Å². The molecule has 2 aromatic carbocycles. The zero-order valence-corrected chi connectivity index (χ0v) is 13.8. The van der Waals surface area contributed by atoms with E-state index in [2.05, 4.69) is 4.98 Å². The van der Waals surface area contributed by atoms with Gasteiger partial charge in [0.1, 0.15) is 23.0 Å². The van der Waals surface area contributed by atoms with Gasteiger partial charge in [0.05, 0.1) is 12.1 Å². The van der Waals surface area contributed by atoms with E-state index in [0.717, 1.165) is 0 Å². The second-order valence-corrected chi connectivity index (χ2v) is 5.45. The maximum atomic E-state index is 13.5. The Hall–Kier alpha value is -3.02. The molecule has 0 unspecified atom stereocenters. The maximum Gasteiger partial charge on any atom is 0.341 e. The molecule has 0 bridgehead atoms. The first-order valence-corrected chi connectivity index (χ1v) is 7.76. The summed E-state index contributed by atoms with van der Waals surface area (Å²) < 4.78 is 31.7. The first-order chi connectivity index (χ1) is 12.0. The van der Waals surface area contributed by atoms with Gasteiger partial charge in [-0.1, -0.05) is 0 Å². The molecule has 1 heterocycles. The molecule has 3 rings (SSSR count). The molecule has 0 saturated carbocycles. The van der Waals surface area contributed by atoms with Gasteiger partial charge < -0.3 is 9.64 Å². The number of aromatic nitrogens is 1. The number of hydrogen-bond donors (Lipinski definition) is 0. The highest BCUT2D eigenvalue weighted by molar-refractivity contribution is 6.00. The predicted octanol–water partition coefficient (Wildman–Crippen LogP) is 4.46. The molecule has 0 radical (unpaired) electrons. The number of carbonyl (C=O) groups excluding carboxylic acids is 1. The van der Waals surface area contributed by atoms with E-state index in [-0.39, 0.29) is 18.0 Å². The second-order valence-electron chi connectivity index (χ2n) is 5.45. The number of benzene rings is 2. The van der Waals surface area contributed by atoms with Crippen molar-refractivity contribution in [2.75, 3.05) is 18.6 Å². The lowest BCUT2D eigenvalue weighted by molar-refractivity contribution is 0.0527.